The molecule has 8 heteroatoms. The molecule has 3 aliphatic heterocycles. The summed E-state index contributed by atoms with van der Waals surface area (Å²) in [5, 5.41) is 0. The van der Waals surface area contributed by atoms with E-state index in [0.717, 1.165) is 36.3 Å². The van der Waals surface area contributed by atoms with Crippen molar-refractivity contribution in [1.29, 1.82) is 0 Å². The van der Waals surface area contributed by atoms with Crippen molar-refractivity contribution in [3.63, 3.8) is 0 Å². The number of fused-ring (bicyclic) bond motifs is 1. The van der Waals surface area contributed by atoms with Crippen LogP contribution in [0.25, 0.3) is 0 Å². The lowest BCUT2D eigenvalue weighted by molar-refractivity contribution is -0.140. The molecule has 0 aromatic heterocycles. The number of nitrogens with zero attached hydrogens (tertiary/aromatic N) is 3. The van der Waals surface area contributed by atoms with Gasteiger partial charge in [0, 0.05) is 58.9 Å². The number of carbonyl (C=O) groups is 3. The molecule has 4 rings (SSSR count). The highest BCUT2D eigenvalue weighted by molar-refractivity contribution is 5.84. The van der Waals surface area contributed by atoms with Gasteiger partial charge in [0.05, 0.1) is 19.3 Å². The van der Waals surface area contributed by atoms with Crippen LogP contribution in [0.1, 0.15) is 50.6 Å². The summed E-state index contributed by atoms with van der Waals surface area (Å²) in [6.07, 6.45) is 3.14. The van der Waals surface area contributed by atoms with E-state index >= 15 is 0 Å². The van der Waals surface area contributed by atoms with Gasteiger partial charge in [-0.2, -0.15) is 0 Å². The highest BCUT2D eigenvalue weighted by atomic mass is 16.5. The minimum atomic E-state index is -0.0112. The van der Waals surface area contributed by atoms with Crippen molar-refractivity contribution in [3.05, 3.63) is 23.8 Å². The van der Waals surface area contributed by atoms with Crippen LogP contribution < -0.4 is 9.47 Å². The van der Waals surface area contributed by atoms with E-state index in [1.807, 2.05) is 23.1 Å². The van der Waals surface area contributed by atoms with Crippen molar-refractivity contribution in [1.82, 2.24) is 14.7 Å². The van der Waals surface area contributed by atoms with Crippen LogP contribution in [-0.2, 0) is 14.4 Å². The van der Waals surface area contributed by atoms with E-state index < -0.39 is 0 Å². The average Bonchev–Trinajstić information content (AvgIpc) is 3.16. The molecule has 2 saturated heterocycles. The lowest BCUT2D eigenvalue weighted by Crippen LogP contribution is -2.50. The van der Waals surface area contributed by atoms with Gasteiger partial charge in [-0.1, -0.05) is 6.07 Å². The molecule has 3 heterocycles. The van der Waals surface area contributed by atoms with Gasteiger partial charge in [0.15, 0.2) is 11.5 Å². The van der Waals surface area contributed by atoms with Crippen LogP contribution in [0.2, 0.25) is 0 Å². The van der Waals surface area contributed by atoms with E-state index in [4.69, 9.17) is 9.47 Å². The molecule has 2 fully saturated rings. The van der Waals surface area contributed by atoms with Gasteiger partial charge in [-0.3, -0.25) is 14.4 Å². The summed E-state index contributed by atoms with van der Waals surface area (Å²) in [7, 11) is 0. The summed E-state index contributed by atoms with van der Waals surface area (Å²) in [6, 6.07) is 5.96. The van der Waals surface area contributed by atoms with Crippen molar-refractivity contribution in [3.8, 4) is 11.5 Å². The predicted molar refractivity (Wildman–Crippen MR) is 114 cm³/mol. The quantitative estimate of drug-likeness (QED) is 0.731. The third-order valence-electron chi connectivity index (χ3n) is 6.36. The number of likely N-dealkylation sites (tertiary alicyclic amines) is 1. The molecule has 0 aliphatic carbocycles. The Morgan fingerprint density at radius 3 is 2.29 bits per heavy atom. The van der Waals surface area contributed by atoms with Crippen molar-refractivity contribution in [2.45, 2.75) is 45.1 Å². The number of ether oxygens (including phenoxy) is 2. The molecule has 3 aliphatic rings. The SMILES string of the molecule is CC(=O)N1CCN(C(=O)CCC(=O)N2CCCC2c2ccc3c(c2)OCCCO3)CC1. The molecule has 1 atom stereocenters. The topological polar surface area (TPSA) is 79.4 Å². The van der Waals surface area contributed by atoms with E-state index in [1.54, 1.807) is 16.7 Å². The molecule has 1 aromatic carbocycles. The van der Waals surface area contributed by atoms with Crippen LogP contribution in [0, 0.1) is 0 Å². The summed E-state index contributed by atoms with van der Waals surface area (Å²) in [4.78, 5) is 42.4. The fourth-order valence-corrected chi connectivity index (χ4v) is 4.59. The third-order valence-corrected chi connectivity index (χ3v) is 6.36. The predicted octanol–water partition coefficient (Wildman–Crippen LogP) is 1.98. The zero-order chi connectivity index (χ0) is 21.8. The Morgan fingerprint density at radius 1 is 0.871 bits per heavy atom. The number of rotatable bonds is 4. The molecule has 1 unspecified atom stereocenters. The standard InChI is InChI=1S/C23H31N3O5/c1-17(27)24-10-12-25(13-11-24)22(28)7-8-23(29)26-9-2-4-19(26)18-5-6-20-21(16-18)31-15-3-14-30-20/h5-6,16,19H,2-4,7-15H2,1H3. The van der Waals surface area contributed by atoms with Gasteiger partial charge in [0.1, 0.15) is 0 Å². The Balaban J connectivity index is 1.33. The van der Waals surface area contributed by atoms with E-state index in [9.17, 15) is 14.4 Å². The number of amides is 3. The average molecular weight is 430 g/mol. The molecule has 31 heavy (non-hydrogen) atoms. The fraction of sp³-hybridized carbons (Fsp3) is 0.609. The summed E-state index contributed by atoms with van der Waals surface area (Å²) < 4.78 is 11.5. The number of hydrogen-bond acceptors (Lipinski definition) is 5. The fourth-order valence-electron chi connectivity index (χ4n) is 4.59. The maximum atomic E-state index is 12.9. The zero-order valence-corrected chi connectivity index (χ0v) is 18.2. The summed E-state index contributed by atoms with van der Waals surface area (Å²) in [5.74, 6) is 1.55. The molecule has 0 saturated carbocycles. The first-order chi connectivity index (χ1) is 15.0. The van der Waals surface area contributed by atoms with Gasteiger partial charge < -0.3 is 24.2 Å². The van der Waals surface area contributed by atoms with Gasteiger partial charge in [-0.15, -0.1) is 0 Å². The van der Waals surface area contributed by atoms with Crippen LogP contribution >= 0.6 is 0 Å². The second kappa shape index (κ2) is 9.58. The van der Waals surface area contributed by atoms with Crippen molar-refractivity contribution in [2.24, 2.45) is 0 Å². The highest BCUT2D eigenvalue weighted by Crippen LogP contribution is 2.38. The number of benzene rings is 1. The first-order valence-corrected chi connectivity index (χ1v) is 11.3. The van der Waals surface area contributed by atoms with Crippen LogP contribution in [0.4, 0.5) is 0 Å². The monoisotopic (exact) mass is 429 g/mol. The van der Waals surface area contributed by atoms with Crippen LogP contribution in [0.5, 0.6) is 11.5 Å². The Hall–Kier alpha value is -2.77. The van der Waals surface area contributed by atoms with Crippen molar-refractivity contribution < 1.29 is 23.9 Å². The Kier molecular flexibility index (Phi) is 6.63. The van der Waals surface area contributed by atoms with Crippen LogP contribution in [-0.4, -0.2) is 78.4 Å². The maximum absolute atomic E-state index is 12.9. The van der Waals surface area contributed by atoms with Gasteiger partial charge >= 0.3 is 0 Å². The highest BCUT2D eigenvalue weighted by Gasteiger charge is 2.31. The minimum Gasteiger partial charge on any atom is -0.490 e. The molecule has 168 valence electrons. The molecule has 8 nitrogen and oxygen atoms in total. The molecular formula is C23H31N3O5. The minimum absolute atomic E-state index is 0.0112. The van der Waals surface area contributed by atoms with E-state index in [1.165, 1.54) is 0 Å². The molecule has 0 radical (unpaired) electrons. The third kappa shape index (κ3) is 4.94. The number of hydrogen-bond donors (Lipinski definition) is 0. The van der Waals surface area contributed by atoms with E-state index in [0.29, 0.717) is 45.9 Å². The maximum Gasteiger partial charge on any atom is 0.223 e. The largest absolute Gasteiger partial charge is 0.490 e. The first-order valence-electron chi connectivity index (χ1n) is 11.3. The van der Waals surface area contributed by atoms with Crippen LogP contribution in [0.3, 0.4) is 0 Å². The van der Waals surface area contributed by atoms with Gasteiger partial charge in [0.25, 0.3) is 0 Å². The molecule has 0 spiro atoms. The van der Waals surface area contributed by atoms with Crippen molar-refractivity contribution >= 4 is 17.7 Å². The van der Waals surface area contributed by atoms with Crippen LogP contribution in [0.15, 0.2) is 18.2 Å². The number of carbonyl (C=O) groups excluding carboxylic acids is 3. The second-order valence-corrected chi connectivity index (χ2v) is 8.39. The van der Waals surface area contributed by atoms with Gasteiger partial charge in [-0.05, 0) is 30.5 Å². The zero-order valence-electron chi connectivity index (χ0n) is 18.2. The summed E-state index contributed by atoms with van der Waals surface area (Å²) >= 11 is 0. The Morgan fingerprint density at radius 2 is 1.55 bits per heavy atom. The second-order valence-electron chi connectivity index (χ2n) is 8.39. The first kappa shape index (κ1) is 21.5. The lowest BCUT2D eigenvalue weighted by atomic mass is 10.0. The van der Waals surface area contributed by atoms with Gasteiger partial charge in [-0.25, -0.2) is 0 Å². The van der Waals surface area contributed by atoms with Crippen molar-refractivity contribution in [2.75, 3.05) is 45.9 Å². The molecule has 1 aromatic rings. The Bertz CT molecular complexity index is 835. The smallest absolute Gasteiger partial charge is 0.223 e. The number of piperazine rings is 1. The van der Waals surface area contributed by atoms with Gasteiger partial charge in [0.2, 0.25) is 17.7 Å². The molecular weight excluding hydrogens is 398 g/mol. The van der Waals surface area contributed by atoms with E-state index in [2.05, 4.69) is 0 Å². The lowest BCUT2D eigenvalue weighted by Gasteiger charge is -2.34. The summed E-state index contributed by atoms with van der Waals surface area (Å²) in [5.41, 5.74) is 1.06. The molecule has 0 N–H and O–H groups in total. The Labute approximate surface area is 183 Å². The molecule has 3 amide bonds. The summed E-state index contributed by atoms with van der Waals surface area (Å²) in [6.45, 7) is 5.74. The normalized spacial score (nSPS) is 21.1. The molecule has 0 bridgehead atoms. The van der Waals surface area contributed by atoms with E-state index in [-0.39, 0.29) is 36.6 Å².